The Morgan fingerprint density at radius 1 is 1.00 bits per heavy atom. The van der Waals surface area contributed by atoms with Crippen molar-refractivity contribution < 1.29 is 31.5 Å². The van der Waals surface area contributed by atoms with Gasteiger partial charge in [-0.25, -0.2) is 14.0 Å². The zero-order valence-corrected chi connectivity index (χ0v) is 32.0. The highest BCUT2D eigenvalue weighted by molar-refractivity contribution is 7.43. The van der Waals surface area contributed by atoms with E-state index in [4.69, 9.17) is 22.2 Å². The zero-order valence-electron chi connectivity index (χ0n) is 29.1. The van der Waals surface area contributed by atoms with Crippen molar-refractivity contribution in [1.82, 2.24) is 18.8 Å². The smallest absolute Gasteiger partial charge is 0.335 e. The molecule has 2 aromatic rings. The number of halogens is 1. The molecule has 0 aromatic carbocycles. The molecule has 4 rings (SSSR count). The largest absolute Gasteiger partial charge is 0.414 e. The second kappa shape index (κ2) is 13.8. The van der Waals surface area contributed by atoms with E-state index in [1.165, 1.54) is 28.7 Å². The molecule has 2 fully saturated rings. The highest BCUT2D eigenvalue weighted by atomic mass is 31.2. The summed E-state index contributed by atoms with van der Waals surface area (Å²) >= 11 is 0. The fourth-order valence-corrected chi connectivity index (χ4v) is 19.5. The summed E-state index contributed by atoms with van der Waals surface area (Å²) in [4.78, 5) is 29.0. The zero-order chi connectivity index (χ0) is 33.8. The van der Waals surface area contributed by atoms with Crippen LogP contribution >= 0.6 is 8.53 Å². The number of aryl methyl sites for hydroxylation is 1. The molecule has 0 amide bonds. The minimum atomic E-state index is -3.09. The molecule has 2 aliphatic heterocycles. The number of ether oxygens (including phenoxy) is 1. The van der Waals surface area contributed by atoms with E-state index in [0.29, 0.717) is 0 Å². The fraction of sp³-hybridized carbons (Fsp3) is 0.800. The SMILES string of the molecule is CC(C)N(C(C)C)P(O)O[C@@H]1[C@@H]2O[Si](C(C)C)(C(C)C)O[Si](C(C)C)(C(C)C)OC[C@H]2O[C@H]1n1cc(F)c2c(=O)n(C)cnc21. The van der Waals surface area contributed by atoms with Crippen LogP contribution in [0.3, 0.4) is 0 Å². The van der Waals surface area contributed by atoms with Gasteiger partial charge >= 0.3 is 17.1 Å². The average Bonchev–Trinajstić information content (AvgIpc) is 3.41. The maximum absolute atomic E-state index is 15.5. The molecule has 2 saturated heterocycles. The van der Waals surface area contributed by atoms with Crippen molar-refractivity contribution in [2.75, 3.05) is 6.61 Å². The molecule has 2 aliphatic rings. The van der Waals surface area contributed by atoms with E-state index >= 15 is 4.39 Å². The Morgan fingerprint density at radius 2 is 1.56 bits per heavy atom. The fourth-order valence-electron chi connectivity index (χ4n) is 6.99. The number of aromatic nitrogens is 3. The molecule has 15 heteroatoms. The molecular weight excluding hydrogens is 634 g/mol. The molecule has 11 nitrogen and oxygen atoms in total. The highest BCUT2D eigenvalue weighted by Gasteiger charge is 2.62. The summed E-state index contributed by atoms with van der Waals surface area (Å²) in [5.74, 6) is -0.706. The van der Waals surface area contributed by atoms with Crippen LogP contribution in [-0.4, -0.2) is 77.8 Å². The van der Waals surface area contributed by atoms with E-state index in [0.717, 1.165) is 0 Å². The van der Waals surface area contributed by atoms with Gasteiger partial charge < -0.3 is 36.3 Å². The van der Waals surface area contributed by atoms with Gasteiger partial charge in [-0.3, -0.25) is 4.79 Å². The number of nitrogens with zero attached hydrogens (tertiary/aromatic N) is 4. The number of hydrogen-bond acceptors (Lipinski definition) is 9. The van der Waals surface area contributed by atoms with Gasteiger partial charge in [0.2, 0.25) is 0 Å². The minimum Gasteiger partial charge on any atom is -0.414 e. The Balaban J connectivity index is 1.91. The Hall–Kier alpha value is -1.07. The summed E-state index contributed by atoms with van der Waals surface area (Å²) < 4.78 is 55.1. The molecule has 5 atom stereocenters. The van der Waals surface area contributed by atoms with Crippen LogP contribution in [-0.2, 0) is 29.3 Å². The van der Waals surface area contributed by atoms with Crippen LogP contribution in [0, 0.1) is 5.82 Å². The second-order valence-corrected chi connectivity index (χ2v) is 24.3. The van der Waals surface area contributed by atoms with Gasteiger partial charge in [-0.05, 0) is 49.9 Å². The van der Waals surface area contributed by atoms with E-state index in [-0.39, 0.29) is 51.9 Å². The van der Waals surface area contributed by atoms with Crippen LogP contribution in [0.2, 0.25) is 22.2 Å². The lowest BCUT2D eigenvalue weighted by molar-refractivity contribution is -0.0563. The molecule has 1 unspecified atom stereocenters. The summed E-state index contributed by atoms with van der Waals surface area (Å²) in [5, 5.41) is -0.136. The van der Waals surface area contributed by atoms with Gasteiger partial charge in [0.25, 0.3) is 14.1 Å². The van der Waals surface area contributed by atoms with Gasteiger partial charge in [0.05, 0.1) is 12.9 Å². The van der Waals surface area contributed by atoms with Gasteiger partial charge in [0, 0.05) is 25.3 Å². The topological polar surface area (TPSA) is 109 Å². The summed E-state index contributed by atoms with van der Waals surface area (Å²) in [6, 6.07) is -0.0266. The average molecular weight is 689 g/mol. The molecule has 0 bridgehead atoms. The van der Waals surface area contributed by atoms with Gasteiger partial charge in [-0.15, -0.1) is 0 Å². The van der Waals surface area contributed by atoms with Gasteiger partial charge in [0.15, 0.2) is 17.7 Å². The molecule has 0 spiro atoms. The van der Waals surface area contributed by atoms with E-state index in [2.05, 4.69) is 60.4 Å². The quantitative estimate of drug-likeness (QED) is 0.223. The van der Waals surface area contributed by atoms with Crippen molar-refractivity contribution in [3.63, 3.8) is 0 Å². The maximum Gasteiger partial charge on any atom is 0.335 e. The van der Waals surface area contributed by atoms with Crippen LogP contribution < -0.4 is 5.56 Å². The Labute approximate surface area is 270 Å². The van der Waals surface area contributed by atoms with Crippen molar-refractivity contribution in [1.29, 1.82) is 0 Å². The van der Waals surface area contributed by atoms with Crippen LogP contribution in [0.25, 0.3) is 11.0 Å². The Morgan fingerprint density at radius 3 is 2.07 bits per heavy atom. The summed E-state index contributed by atoms with van der Waals surface area (Å²) in [6.45, 7) is 25.4. The van der Waals surface area contributed by atoms with Gasteiger partial charge in [-0.2, -0.15) is 0 Å². The highest BCUT2D eigenvalue weighted by Crippen LogP contribution is 2.52. The third kappa shape index (κ3) is 6.53. The summed E-state index contributed by atoms with van der Waals surface area (Å²) in [7, 11) is -6.54. The first-order valence-corrected chi connectivity index (χ1v) is 21.3. The standard InChI is InChI=1S/C30H54FN4O7PSi2/c1-17(2)35(18(3)4)43(37)40-27-26-24(39-30(27)34-14-23(31)25-28(34)32-16-33(13)29(25)36)15-38-44(19(5)6,20(7)8)42-45(41-26,21(9)10)22(11)12/h14,16-22,24,26-27,30,37H,15H2,1-13H3/t24-,26-,27-,30-,43?/m1/s1. The van der Waals surface area contributed by atoms with Crippen molar-refractivity contribution in [2.45, 2.75) is 142 Å². The molecule has 4 heterocycles. The third-order valence-electron chi connectivity index (χ3n) is 9.21. The number of fused-ring (bicyclic) bond motifs is 2. The van der Waals surface area contributed by atoms with Crippen LogP contribution in [0.15, 0.2) is 17.3 Å². The molecule has 0 aliphatic carbocycles. The predicted octanol–water partition coefficient (Wildman–Crippen LogP) is 6.45. The monoisotopic (exact) mass is 688 g/mol. The molecule has 0 radical (unpaired) electrons. The first-order chi connectivity index (χ1) is 20.9. The molecular formula is C30H54FN4O7PSi2. The minimum absolute atomic E-state index is 0.0133. The van der Waals surface area contributed by atoms with Crippen molar-refractivity contribution in [2.24, 2.45) is 7.05 Å². The van der Waals surface area contributed by atoms with Crippen LogP contribution in [0.1, 0.15) is 89.3 Å². The normalized spacial score (nSPS) is 26.2. The van der Waals surface area contributed by atoms with Crippen molar-refractivity contribution >= 4 is 36.7 Å². The third-order valence-corrected chi connectivity index (χ3v) is 21.2. The van der Waals surface area contributed by atoms with Crippen LogP contribution in [0.4, 0.5) is 4.39 Å². The number of rotatable bonds is 10. The lowest BCUT2D eigenvalue weighted by Gasteiger charge is -2.51. The predicted molar refractivity (Wildman–Crippen MR) is 179 cm³/mol. The number of hydrogen-bond donors (Lipinski definition) is 1. The molecule has 0 saturated carbocycles. The first-order valence-electron chi connectivity index (χ1n) is 16.2. The van der Waals surface area contributed by atoms with Crippen molar-refractivity contribution in [3.8, 4) is 0 Å². The van der Waals surface area contributed by atoms with Crippen LogP contribution in [0.5, 0.6) is 0 Å². The first kappa shape index (κ1) is 36.8. The summed E-state index contributed by atoms with van der Waals surface area (Å²) in [5.41, 5.74) is 0.0254. The Bertz CT molecular complexity index is 1360. The molecule has 256 valence electrons. The second-order valence-electron chi connectivity index (χ2n) is 14.3. The lowest BCUT2D eigenvalue weighted by atomic mass is 10.1. The maximum atomic E-state index is 15.5. The van der Waals surface area contributed by atoms with Gasteiger partial charge in [0.1, 0.15) is 23.7 Å². The van der Waals surface area contributed by atoms with E-state index < -0.39 is 61.6 Å². The molecule has 1 N–H and O–H groups in total. The van der Waals surface area contributed by atoms with Crippen molar-refractivity contribution in [3.05, 3.63) is 28.7 Å². The Kier molecular flexibility index (Phi) is 11.3. The molecule has 2 aromatic heterocycles. The van der Waals surface area contributed by atoms with E-state index in [9.17, 15) is 9.69 Å². The van der Waals surface area contributed by atoms with E-state index in [1.54, 1.807) is 0 Å². The molecule has 45 heavy (non-hydrogen) atoms. The summed E-state index contributed by atoms with van der Waals surface area (Å²) in [6.07, 6.45) is -0.582. The van der Waals surface area contributed by atoms with Gasteiger partial charge in [-0.1, -0.05) is 55.4 Å². The lowest BCUT2D eigenvalue weighted by Crippen LogP contribution is -2.65. The van der Waals surface area contributed by atoms with E-state index in [1.807, 2.05) is 32.4 Å².